The molecule has 28 heavy (non-hydrogen) atoms. The second kappa shape index (κ2) is 9.08. The Hall–Kier alpha value is -1.88. The molecule has 150 valence electrons. The molecular formula is C23H29BrN2O2. The Labute approximate surface area is 175 Å². The fraction of sp³-hybridized carbons (Fsp3) is 0.478. The quantitative estimate of drug-likeness (QED) is 0.631. The summed E-state index contributed by atoms with van der Waals surface area (Å²) in [5, 5.41) is 3.10. The molecule has 5 heteroatoms. The predicted octanol–water partition coefficient (Wildman–Crippen LogP) is 5.28. The molecule has 0 fully saturated rings. The van der Waals surface area contributed by atoms with Crippen LogP contribution < -0.4 is 10.7 Å². The normalized spacial score (nSPS) is 12.9. The third-order valence-electron chi connectivity index (χ3n) is 5.65. The lowest BCUT2D eigenvalue weighted by atomic mass is 10.0. The summed E-state index contributed by atoms with van der Waals surface area (Å²) in [5.74, 6) is -0.283. The topological polar surface area (TPSA) is 51.1 Å². The first-order valence-corrected chi connectivity index (χ1v) is 11.2. The van der Waals surface area contributed by atoms with Crippen LogP contribution in [0.1, 0.15) is 72.9 Å². The molecule has 1 aromatic heterocycles. The molecule has 0 spiro atoms. The second-order valence-electron chi connectivity index (χ2n) is 7.38. The van der Waals surface area contributed by atoms with Crippen molar-refractivity contribution < 1.29 is 4.79 Å². The third kappa shape index (κ3) is 3.82. The van der Waals surface area contributed by atoms with E-state index in [0.29, 0.717) is 10.0 Å². The number of amides is 1. The summed E-state index contributed by atoms with van der Waals surface area (Å²) in [4.78, 5) is 26.5. The van der Waals surface area contributed by atoms with Gasteiger partial charge in [0, 0.05) is 23.6 Å². The average Bonchev–Trinajstić information content (AvgIpc) is 3.19. The number of unbranched alkanes of at least 4 members (excludes halogenated alkanes) is 1. The summed E-state index contributed by atoms with van der Waals surface area (Å²) in [6.45, 7) is 7.17. The number of benzene rings is 1. The Morgan fingerprint density at radius 2 is 1.86 bits per heavy atom. The molecule has 0 radical (unpaired) electrons. The van der Waals surface area contributed by atoms with E-state index < -0.39 is 0 Å². The van der Waals surface area contributed by atoms with Crippen LogP contribution in [-0.2, 0) is 32.2 Å². The number of halogens is 1. The number of aryl methyl sites for hydroxylation is 2. The van der Waals surface area contributed by atoms with Gasteiger partial charge in [0.05, 0.1) is 4.47 Å². The van der Waals surface area contributed by atoms with Gasteiger partial charge in [0.25, 0.3) is 5.91 Å². The number of carbonyl (C=O) groups is 1. The number of nitrogens with one attached hydrogen (secondary N) is 1. The number of carbonyl (C=O) groups excluding carboxylic acids is 1. The monoisotopic (exact) mass is 444 g/mol. The van der Waals surface area contributed by atoms with Gasteiger partial charge in [0.15, 0.2) is 0 Å². The summed E-state index contributed by atoms with van der Waals surface area (Å²) in [7, 11) is 0. The molecule has 2 aromatic rings. The number of para-hydroxylation sites is 1. The molecule has 0 saturated heterocycles. The first kappa shape index (κ1) is 20.8. The second-order valence-corrected chi connectivity index (χ2v) is 8.18. The van der Waals surface area contributed by atoms with Gasteiger partial charge in [-0.2, -0.15) is 0 Å². The minimum absolute atomic E-state index is 0.177. The number of pyridine rings is 1. The molecule has 0 unspecified atom stereocenters. The number of hydrogen-bond donors (Lipinski definition) is 1. The highest BCUT2D eigenvalue weighted by Crippen LogP contribution is 2.28. The van der Waals surface area contributed by atoms with Crippen LogP contribution in [0.3, 0.4) is 0 Å². The third-order valence-corrected chi connectivity index (χ3v) is 6.46. The van der Waals surface area contributed by atoms with Crippen LogP contribution in [-0.4, -0.2) is 10.5 Å². The maximum atomic E-state index is 13.4. The van der Waals surface area contributed by atoms with Crippen molar-refractivity contribution >= 4 is 27.5 Å². The molecule has 1 amide bonds. The standard InChI is InChI=1S/C23H29BrN2O2/c1-4-7-12-17-19(22(27)20(24)18-13-9-14-26(17)18)23(28)25-21-15(5-2)10-8-11-16(21)6-3/h8,10-11H,4-7,9,12-14H2,1-3H3,(H,25,28). The number of rotatable bonds is 7. The lowest BCUT2D eigenvalue weighted by molar-refractivity contribution is 0.102. The largest absolute Gasteiger partial charge is 0.346 e. The smallest absolute Gasteiger partial charge is 0.261 e. The van der Waals surface area contributed by atoms with Gasteiger partial charge in [-0.3, -0.25) is 9.59 Å². The Bertz CT molecular complexity index is 924. The van der Waals surface area contributed by atoms with Crippen molar-refractivity contribution in [3.63, 3.8) is 0 Å². The van der Waals surface area contributed by atoms with Crippen molar-refractivity contribution in [2.75, 3.05) is 5.32 Å². The summed E-state index contributed by atoms with van der Waals surface area (Å²) in [6.07, 6.45) is 6.31. The molecule has 0 bridgehead atoms. The zero-order chi connectivity index (χ0) is 20.3. The maximum Gasteiger partial charge on any atom is 0.261 e. The molecular weight excluding hydrogens is 416 g/mol. The van der Waals surface area contributed by atoms with Crippen molar-refractivity contribution in [1.29, 1.82) is 0 Å². The summed E-state index contributed by atoms with van der Waals surface area (Å²) in [6, 6.07) is 6.11. The van der Waals surface area contributed by atoms with E-state index in [2.05, 4.69) is 46.6 Å². The van der Waals surface area contributed by atoms with Crippen molar-refractivity contribution in [3.05, 3.63) is 61.0 Å². The average molecular weight is 445 g/mol. The van der Waals surface area contributed by atoms with Crippen LogP contribution in [0, 0.1) is 0 Å². The number of fused-ring (bicyclic) bond motifs is 1. The van der Waals surface area contributed by atoms with Gasteiger partial charge < -0.3 is 9.88 Å². The Kier molecular flexibility index (Phi) is 6.76. The Morgan fingerprint density at radius 1 is 1.18 bits per heavy atom. The van der Waals surface area contributed by atoms with Crippen LogP contribution >= 0.6 is 15.9 Å². The molecule has 0 atom stereocenters. The van der Waals surface area contributed by atoms with Crippen molar-refractivity contribution in [1.82, 2.24) is 4.57 Å². The van der Waals surface area contributed by atoms with Gasteiger partial charge in [-0.1, -0.05) is 45.4 Å². The van der Waals surface area contributed by atoms with E-state index in [9.17, 15) is 9.59 Å². The zero-order valence-corrected chi connectivity index (χ0v) is 18.6. The van der Waals surface area contributed by atoms with Crippen LogP contribution in [0.25, 0.3) is 0 Å². The molecule has 1 N–H and O–H groups in total. The van der Waals surface area contributed by atoms with Crippen molar-refractivity contribution in [3.8, 4) is 0 Å². The molecule has 0 saturated carbocycles. The number of anilines is 1. The van der Waals surface area contributed by atoms with E-state index in [0.717, 1.165) is 79.7 Å². The fourth-order valence-corrected chi connectivity index (χ4v) is 4.74. The molecule has 1 aliphatic heterocycles. The van der Waals surface area contributed by atoms with E-state index in [1.807, 2.05) is 18.2 Å². The van der Waals surface area contributed by atoms with Crippen LogP contribution in [0.5, 0.6) is 0 Å². The highest BCUT2D eigenvalue weighted by Gasteiger charge is 2.27. The minimum Gasteiger partial charge on any atom is -0.346 e. The first-order chi connectivity index (χ1) is 13.5. The van der Waals surface area contributed by atoms with Crippen LogP contribution in [0.4, 0.5) is 5.69 Å². The van der Waals surface area contributed by atoms with Gasteiger partial charge in [-0.25, -0.2) is 0 Å². The summed E-state index contributed by atoms with van der Waals surface area (Å²) in [5.41, 5.74) is 5.12. The van der Waals surface area contributed by atoms with Crippen LogP contribution in [0.15, 0.2) is 27.5 Å². The lowest BCUT2D eigenvalue weighted by Crippen LogP contribution is -2.29. The highest BCUT2D eigenvalue weighted by atomic mass is 79.9. The van der Waals surface area contributed by atoms with Crippen molar-refractivity contribution in [2.24, 2.45) is 0 Å². The number of aromatic nitrogens is 1. The van der Waals surface area contributed by atoms with E-state index in [-0.39, 0.29) is 11.3 Å². The molecule has 2 heterocycles. The molecule has 3 rings (SSSR count). The van der Waals surface area contributed by atoms with E-state index in [1.165, 1.54) is 0 Å². The van der Waals surface area contributed by atoms with Gasteiger partial charge in [0.1, 0.15) is 5.56 Å². The molecule has 1 aromatic carbocycles. The minimum atomic E-state index is -0.283. The fourth-order valence-electron chi connectivity index (χ4n) is 4.12. The van der Waals surface area contributed by atoms with Gasteiger partial charge >= 0.3 is 0 Å². The van der Waals surface area contributed by atoms with Crippen molar-refractivity contribution in [2.45, 2.75) is 72.3 Å². The highest BCUT2D eigenvalue weighted by molar-refractivity contribution is 9.10. The maximum absolute atomic E-state index is 13.4. The number of nitrogens with zero attached hydrogens (tertiary/aromatic N) is 1. The van der Waals surface area contributed by atoms with E-state index in [4.69, 9.17) is 0 Å². The summed E-state index contributed by atoms with van der Waals surface area (Å²) < 4.78 is 2.75. The zero-order valence-electron chi connectivity index (χ0n) is 17.0. The summed E-state index contributed by atoms with van der Waals surface area (Å²) >= 11 is 3.48. The molecule has 4 nitrogen and oxygen atoms in total. The van der Waals surface area contributed by atoms with Gasteiger partial charge in [-0.05, 0) is 65.6 Å². The number of hydrogen-bond acceptors (Lipinski definition) is 2. The SMILES string of the molecule is CCCCc1c(C(=O)Nc2c(CC)cccc2CC)c(=O)c(Br)c2n1CCC2. The van der Waals surface area contributed by atoms with Gasteiger partial charge in [0.2, 0.25) is 5.43 Å². The van der Waals surface area contributed by atoms with E-state index in [1.54, 1.807) is 0 Å². The molecule has 1 aliphatic rings. The Morgan fingerprint density at radius 3 is 2.46 bits per heavy atom. The van der Waals surface area contributed by atoms with Gasteiger partial charge in [-0.15, -0.1) is 0 Å². The first-order valence-electron chi connectivity index (χ1n) is 10.4. The Balaban J connectivity index is 2.10. The van der Waals surface area contributed by atoms with Crippen LogP contribution in [0.2, 0.25) is 0 Å². The lowest BCUT2D eigenvalue weighted by Gasteiger charge is -2.19. The van der Waals surface area contributed by atoms with E-state index >= 15 is 0 Å². The predicted molar refractivity (Wildman–Crippen MR) is 118 cm³/mol. The molecule has 0 aliphatic carbocycles.